The van der Waals surface area contributed by atoms with Gasteiger partial charge in [0, 0.05) is 36.0 Å². The summed E-state index contributed by atoms with van der Waals surface area (Å²) in [5.74, 6) is -1.14. The van der Waals surface area contributed by atoms with Crippen LogP contribution in [0.3, 0.4) is 0 Å². The first-order chi connectivity index (χ1) is 23.4. The van der Waals surface area contributed by atoms with Crippen molar-refractivity contribution in [3.63, 3.8) is 0 Å². The number of hydrogen-bond acceptors (Lipinski definition) is 8. The van der Waals surface area contributed by atoms with Crippen LogP contribution in [0.15, 0.2) is 52.3 Å². The molecule has 1 aliphatic carbocycles. The van der Waals surface area contributed by atoms with Gasteiger partial charge >= 0.3 is 10.2 Å². The number of hydrogen-bond donors (Lipinski definition) is 2. The average Bonchev–Trinajstić information content (AvgIpc) is 3.67. The number of rotatable bonds is 6. The summed E-state index contributed by atoms with van der Waals surface area (Å²) in [4.78, 5) is 48.8. The van der Waals surface area contributed by atoms with Crippen molar-refractivity contribution in [3.05, 3.63) is 80.8 Å². The van der Waals surface area contributed by atoms with Crippen LogP contribution in [-0.4, -0.2) is 72.3 Å². The standard InChI is InChI=1S/C31H29ClF5N7O5S/c32-20-16-19(50(33,34,35,36)37)3-4-21(20)39-24(46)17-43-22-5-8-31(9-12-42(13-10-31)29(48)26-23(45)2-1-11-38-26)25(22)28(47)44-30(43)40-27(41-44)18-6-14-49-15-7-18/h1-4,6,11,16,45H,5,7-10,12-15,17H2,(H,39,46). The third-order valence-corrected chi connectivity index (χ3v) is 10.9. The Morgan fingerprint density at radius 1 is 1.08 bits per heavy atom. The Kier molecular flexibility index (Phi) is 7.62. The molecule has 0 radical (unpaired) electrons. The second-order valence-corrected chi connectivity index (χ2v) is 15.3. The first-order valence-electron chi connectivity index (χ1n) is 15.5. The van der Waals surface area contributed by atoms with E-state index < -0.39 is 49.5 Å². The minimum absolute atomic E-state index is 0.0592. The van der Waals surface area contributed by atoms with E-state index in [0.29, 0.717) is 62.6 Å². The smallest absolute Gasteiger partial charge is 0.310 e. The van der Waals surface area contributed by atoms with Crippen LogP contribution in [0.2, 0.25) is 5.02 Å². The highest BCUT2D eigenvalue weighted by atomic mass is 35.5. The first kappa shape index (κ1) is 33.9. The zero-order valence-electron chi connectivity index (χ0n) is 26.1. The van der Waals surface area contributed by atoms with Crippen molar-refractivity contribution >= 4 is 50.7 Å². The van der Waals surface area contributed by atoms with E-state index in [-0.39, 0.29) is 54.0 Å². The van der Waals surface area contributed by atoms with Crippen molar-refractivity contribution < 1.29 is 38.9 Å². The van der Waals surface area contributed by atoms with Gasteiger partial charge in [-0.05, 0) is 68.0 Å². The number of carbonyl (C=O) groups excluding carboxylic acids is 2. The van der Waals surface area contributed by atoms with Gasteiger partial charge in [-0.3, -0.25) is 14.4 Å². The Balaban J connectivity index is 1.24. The van der Waals surface area contributed by atoms with Crippen molar-refractivity contribution in [2.45, 2.75) is 49.0 Å². The Morgan fingerprint density at radius 3 is 2.50 bits per heavy atom. The number of anilines is 1. The van der Waals surface area contributed by atoms with Gasteiger partial charge in [0.2, 0.25) is 11.7 Å². The number of fused-ring (bicyclic) bond motifs is 3. The van der Waals surface area contributed by atoms with E-state index in [1.165, 1.54) is 22.9 Å². The van der Waals surface area contributed by atoms with E-state index in [1.54, 1.807) is 11.0 Å². The maximum absolute atomic E-state index is 14.2. The van der Waals surface area contributed by atoms with Gasteiger partial charge in [0.15, 0.2) is 11.5 Å². The number of halogens is 6. The summed E-state index contributed by atoms with van der Waals surface area (Å²) in [6.07, 6.45) is 5.34. The van der Waals surface area contributed by atoms with Crippen molar-refractivity contribution in [1.82, 2.24) is 29.0 Å². The lowest BCUT2D eigenvalue weighted by Gasteiger charge is -2.40. The molecule has 1 fully saturated rings. The molecule has 0 atom stereocenters. The van der Waals surface area contributed by atoms with Gasteiger partial charge in [-0.1, -0.05) is 37.1 Å². The van der Waals surface area contributed by atoms with Crippen LogP contribution in [0.4, 0.5) is 25.1 Å². The van der Waals surface area contributed by atoms with Gasteiger partial charge in [-0.15, -0.1) is 5.10 Å². The number of benzene rings is 1. The Morgan fingerprint density at radius 2 is 1.84 bits per heavy atom. The largest absolute Gasteiger partial charge is 0.505 e. The van der Waals surface area contributed by atoms with E-state index in [9.17, 15) is 38.9 Å². The summed E-state index contributed by atoms with van der Waals surface area (Å²) < 4.78 is 74.7. The predicted octanol–water partition coefficient (Wildman–Crippen LogP) is 5.87. The summed E-state index contributed by atoms with van der Waals surface area (Å²) in [7, 11) is -10.0. The number of likely N-dealkylation sites (tertiary alicyclic amines) is 1. The second kappa shape index (κ2) is 11.2. The first-order valence-corrected chi connectivity index (χ1v) is 17.8. The topological polar surface area (TPSA) is 144 Å². The van der Waals surface area contributed by atoms with Gasteiger partial charge in [-0.25, -0.2) is 4.98 Å². The molecule has 1 spiro atoms. The number of piperidine rings is 1. The van der Waals surface area contributed by atoms with E-state index in [2.05, 4.69) is 20.4 Å². The highest BCUT2D eigenvalue weighted by Gasteiger charge is 2.65. The third kappa shape index (κ3) is 6.08. The average molecular weight is 742 g/mol. The lowest BCUT2D eigenvalue weighted by molar-refractivity contribution is -0.116. The molecule has 2 amide bonds. The maximum Gasteiger partial charge on any atom is 0.310 e. The molecule has 1 aromatic carbocycles. The monoisotopic (exact) mass is 741 g/mol. The van der Waals surface area contributed by atoms with Gasteiger partial charge in [0.1, 0.15) is 17.2 Å². The van der Waals surface area contributed by atoms with Gasteiger partial charge in [-0.2, -0.15) is 9.50 Å². The predicted molar refractivity (Wildman–Crippen MR) is 173 cm³/mol. The molecule has 3 aliphatic rings. The normalized spacial score (nSPS) is 18.8. The molecule has 4 aromatic rings. The zero-order valence-corrected chi connectivity index (χ0v) is 27.6. The van der Waals surface area contributed by atoms with Crippen LogP contribution in [0, 0.1) is 0 Å². The van der Waals surface area contributed by atoms with Crippen molar-refractivity contribution in [3.8, 4) is 5.75 Å². The fourth-order valence-electron chi connectivity index (χ4n) is 6.93. The van der Waals surface area contributed by atoms with E-state index in [4.69, 9.17) is 16.3 Å². The molecule has 0 unspecified atom stereocenters. The molecule has 0 bridgehead atoms. The number of nitrogens with zero attached hydrogens (tertiary/aromatic N) is 6. The highest BCUT2D eigenvalue weighted by Crippen LogP contribution is 3.02. The molecule has 1 saturated heterocycles. The molecule has 19 heteroatoms. The fourth-order valence-corrected chi connectivity index (χ4v) is 7.89. The third-order valence-electron chi connectivity index (χ3n) is 9.43. The quantitative estimate of drug-likeness (QED) is 0.234. The second-order valence-electron chi connectivity index (χ2n) is 12.5. The van der Waals surface area contributed by atoms with E-state index in [0.717, 1.165) is 10.1 Å². The number of pyridine rings is 1. The lowest BCUT2D eigenvalue weighted by Crippen LogP contribution is -2.46. The molecule has 2 aliphatic heterocycles. The van der Waals surface area contributed by atoms with Crippen molar-refractivity contribution in [2.75, 3.05) is 31.6 Å². The molecule has 7 rings (SSSR count). The van der Waals surface area contributed by atoms with Gasteiger partial charge in [0.05, 0.1) is 23.9 Å². The molecular weight excluding hydrogens is 713 g/mol. The summed E-state index contributed by atoms with van der Waals surface area (Å²) >= 11 is 5.92. The molecular formula is C31H29ClF5N7O5S. The number of nitrogens with one attached hydrogen (secondary N) is 1. The number of amides is 2. The summed E-state index contributed by atoms with van der Waals surface area (Å²) in [5.41, 5.74) is 0.168. The minimum Gasteiger partial charge on any atom is -0.505 e. The minimum atomic E-state index is -10.0. The van der Waals surface area contributed by atoms with E-state index in [1.807, 2.05) is 0 Å². The molecule has 50 heavy (non-hydrogen) atoms. The van der Waals surface area contributed by atoms with Crippen LogP contribution >= 0.6 is 21.8 Å². The molecule has 0 saturated carbocycles. The van der Waals surface area contributed by atoms with Crippen LogP contribution in [0.1, 0.15) is 53.3 Å². The molecule has 3 aromatic heterocycles. The summed E-state index contributed by atoms with van der Waals surface area (Å²) in [6.45, 7) is 0.793. The summed E-state index contributed by atoms with van der Waals surface area (Å²) in [6, 6.07) is 3.75. The van der Waals surface area contributed by atoms with E-state index >= 15 is 0 Å². The van der Waals surface area contributed by atoms with Crippen molar-refractivity contribution in [2.24, 2.45) is 0 Å². The lowest BCUT2D eigenvalue weighted by atomic mass is 9.74. The van der Waals surface area contributed by atoms with Crippen molar-refractivity contribution in [1.29, 1.82) is 0 Å². The fraction of sp³-hybridized carbons (Fsp3) is 0.355. The number of carbonyl (C=O) groups is 2. The zero-order chi connectivity index (χ0) is 35.7. The molecule has 266 valence electrons. The van der Waals surface area contributed by atoms with Crippen LogP contribution < -0.4 is 10.9 Å². The molecule has 12 nitrogen and oxygen atoms in total. The van der Waals surface area contributed by atoms with Gasteiger partial charge < -0.3 is 24.6 Å². The SMILES string of the molecule is O=C(Cn1c2c(c(=O)n3nc(C4=CCOCC4)nc13)C1(CC2)CCN(C(=O)c2ncccc2O)CC1)Nc1ccc(S(F)(F)(F)(F)F)cc1Cl. The molecule has 2 N–H and O–H groups in total. The van der Waals surface area contributed by atoms with Gasteiger partial charge in [0.25, 0.3) is 11.5 Å². The highest BCUT2D eigenvalue weighted by molar-refractivity contribution is 8.45. The number of aromatic nitrogens is 5. The number of aromatic hydroxyl groups is 1. The van der Waals surface area contributed by atoms with Crippen LogP contribution in [-0.2, 0) is 27.9 Å². The number of ether oxygens (including phenoxy) is 1. The van der Waals surface area contributed by atoms with Crippen LogP contribution in [0.25, 0.3) is 11.4 Å². The Bertz CT molecular complexity index is 2180. The van der Waals surface area contributed by atoms with Crippen LogP contribution in [0.5, 0.6) is 5.75 Å². The summed E-state index contributed by atoms with van der Waals surface area (Å²) in [5, 5.41) is 16.3. The molecule has 5 heterocycles. The maximum atomic E-state index is 14.2. The Labute approximate surface area is 285 Å². The Hall–Kier alpha value is -4.55.